The van der Waals surface area contributed by atoms with Crippen molar-refractivity contribution in [1.29, 1.82) is 0 Å². The normalized spacial score (nSPS) is 19.0. The fourth-order valence-corrected chi connectivity index (χ4v) is 2.77. The summed E-state index contributed by atoms with van der Waals surface area (Å²) in [6.07, 6.45) is 2.66. The lowest BCUT2D eigenvalue weighted by atomic mass is 10.2. The molecule has 1 aromatic carbocycles. The van der Waals surface area contributed by atoms with E-state index in [-0.39, 0.29) is 11.9 Å². The molecule has 5 nitrogen and oxygen atoms in total. The number of benzene rings is 1. The Balaban J connectivity index is 1.51. The monoisotopic (exact) mass is 319 g/mol. The highest BCUT2D eigenvalue weighted by molar-refractivity contribution is 5.23. The summed E-state index contributed by atoms with van der Waals surface area (Å²) < 4.78 is 24.6. The molecule has 2 heterocycles. The average molecular weight is 319 g/mol. The Morgan fingerprint density at radius 1 is 1.43 bits per heavy atom. The van der Waals surface area contributed by atoms with Gasteiger partial charge < -0.3 is 14.5 Å². The fraction of sp³-hybridized carbons (Fsp3) is 0.471. The summed E-state index contributed by atoms with van der Waals surface area (Å²) >= 11 is 0. The van der Waals surface area contributed by atoms with Crippen molar-refractivity contribution in [2.75, 3.05) is 32.9 Å². The van der Waals surface area contributed by atoms with E-state index in [1.54, 1.807) is 18.2 Å². The van der Waals surface area contributed by atoms with Gasteiger partial charge in [-0.25, -0.2) is 9.37 Å². The van der Waals surface area contributed by atoms with E-state index in [9.17, 15) is 4.39 Å². The highest BCUT2D eigenvalue weighted by atomic mass is 19.1. The summed E-state index contributed by atoms with van der Waals surface area (Å²) in [7, 11) is 0. The number of ether oxygens (including phenoxy) is 2. The molecule has 1 atom stereocenters. The number of aromatic amines is 1. The van der Waals surface area contributed by atoms with E-state index < -0.39 is 0 Å². The Kier molecular flexibility index (Phi) is 5.25. The average Bonchev–Trinajstić information content (AvgIpc) is 3.00. The number of morpholine rings is 1. The number of para-hydroxylation sites is 1. The third-order valence-corrected chi connectivity index (χ3v) is 3.96. The second-order valence-corrected chi connectivity index (χ2v) is 5.71. The van der Waals surface area contributed by atoms with Gasteiger partial charge in [-0.05, 0) is 25.5 Å². The molecule has 0 aliphatic carbocycles. The van der Waals surface area contributed by atoms with Crippen LogP contribution < -0.4 is 4.74 Å². The zero-order valence-electron chi connectivity index (χ0n) is 13.3. The molecule has 0 radical (unpaired) electrons. The molecular weight excluding hydrogens is 297 g/mol. The van der Waals surface area contributed by atoms with E-state index in [0.29, 0.717) is 19.0 Å². The highest BCUT2D eigenvalue weighted by Gasteiger charge is 2.26. The Morgan fingerprint density at radius 2 is 2.30 bits per heavy atom. The van der Waals surface area contributed by atoms with Gasteiger partial charge >= 0.3 is 0 Å². The Morgan fingerprint density at radius 3 is 3.09 bits per heavy atom. The van der Waals surface area contributed by atoms with Crippen molar-refractivity contribution in [3.8, 4) is 5.75 Å². The molecule has 1 aliphatic heterocycles. The molecule has 1 fully saturated rings. The van der Waals surface area contributed by atoms with Crippen molar-refractivity contribution >= 4 is 0 Å². The molecule has 23 heavy (non-hydrogen) atoms. The molecule has 3 rings (SSSR count). The van der Waals surface area contributed by atoms with E-state index in [2.05, 4.69) is 14.9 Å². The standard InChI is InChI=1S/C17H22FN3O2/c1-13-11-19-17(20-13)15-12-22-10-8-21(15)7-4-9-23-16-6-3-2-5-14(16)18/h2-3,5-6,11,15H,4,7-10,12H2,1H3,(H,19,20)/t15-/m0/s1. The number of H-pyrrole nitrogens is 1. The number of aromatic nitrogens is 2. The lowest BCUT2D eigenvalue weighted by Gasteiger charge is -2.34. The molecule has 0 bridgehead atoms. The van der Waals surface area contributed by atoms with Crippen LogP contribution in [0.3, 0.4) is 0 Å². The Hall–Kier alpha value is -1.92. The predicted molar refractivity (Wildman–Crippen MR) is 85.0 cm³/mol. The number of hydrogen-bond donors (Lipinski definition) is 1. The molecule has 1 N–H and O–H groups in total. The maximum Gasteiger partial charge on any atom is 0.165 e. The summed E-state index contributed by atoms with van der Waals surface area (Å²) in [5.74, 6) is 0.938. The van der Waals surface area contributed by atoms with Crippen molar-refractivity contribution in [3.63, 3.8) is 0 Å². The van der Waals surface area contributed by atoms with Crippen LogP contribution in [-0.2, 0) is 4.74 Å². The number of hydrogen-bond acceptors (Lipinski definition) is 4. The van der Waals surface area contributed by atoms with Crippen LogP contribution in [0.1, 0.15) is 24.0 Å². The topological polar surface area (TPSA) is 50.4 Å². The van der Waals surface area contributed by atoms with Gasteiger partial charge in [0.25, 0.3) is 0 Å². The van der Waals surface area contributed by atoms with Crippen LogP contribution in [-0.4, -0.2) is 47.8 Å². The van der Waals surface area contributed by atoms with E-state index >= 15 is 0 Å². The van der Waals surface area contributed by atoms with Gasteiger partial charge in [0.1, 0.15) is 5.82 Å². The van der Waals surface area contributed by atoms with Crippen LogP contribution in [0.15, 0.2) is 30.5 Å². The first-order valence-corrected chi connectivity index (χ1v) is 7.94. The summed E-state index contributed by atoms with van der Waals surface area (Å²) in [5.41, 5.74) is 1.05. The van der Waals surface area contributed by atoms with Gasteiger partial charge in [0, 0.05) is 25.0 Å². The third kappa shape index (κ3) is 4.09. The summed E-state index contributed by atoms with van der Waals surface area (Å²) in [5, 5.41) is 0. The molecule has 1 saturated heterocycles. The van der Waals surface area contributed by atoms with E-state index in [1.165, 1.54) is 6.07 Å². The largest absolute Gasteiger partial charge is 0.490 e. The van der Waals surface area contributed by atoms with Crippen molar-refractivity contribution in [3.05, 3.63) is 47.8 Å². The molecule has 2 aromatic rings. The van der Waals surface area contributed by atoms with Gasteiger partial charge in [-0.2, -0.15) is 0 Å². The maximum absolute atomic E-state index is 13.5. The molecule has 0 saturated carbocycles. The number of nitrogens with zero attached hydrogens (tertiary/aromatic N) is 2. The lowest BCUT2D eigenvalue weighted by Crippen LogP contribution is -2.40. The van der Waals surface area contributed by atoms with Crippen molar-refractivity contribution in [1.82, 2.24) is 14.9 Å². The molecule has 0 amide bonds. The predicted octanol–water partition coefficient (Wildman–Crippen LogP) is 2.70. The first-order chi connectivity index (χ1) is 11.2. The number of imidazole rings is 1. The molecule has 6 heteroatoms. The number of halogens is 1. The van der Waals surface area contributed by atoms with Crippen LogP contribution in [0.25, 0.3) is 0 Å². The SMILES string of the molecule is Cc1cnc([C@@H]2COCCN2CCCOc2ccccc2F)[nH]1. The smallest absolute Gasteiger partial charge is 0.165 e. The lowest BCUT2D eigenvalue weighted by molar-refractivity contribution is -0.0131. The van der Waals surface area contributed by atoms with E-state index in [0.717, 1.165) is 37.6 Å². The minimum absolute atomic E-state index is 0.144. The van der Waals surface area contributed by atoms with Gasteiger partial charge in [0.2, 0.25) is 0 Å². The summed E-state index contributed by atoms with van der Waals surface area (Å²) in [6.45, 7) is 5.58. The van der Waals surface area contributed by atoms with E-state index in [1.807, 2.05) is 13.1 Å². The van der Waals surface area contributed by atoms with Crippen molar-refractivity contribution in [2.24, 2.45) is 0 Å². The quantitative estimate of drug-likeness (QED) is 0.832. The second kappa shape index (κ2) is 7.57. The molecule has 124 valence electrons. The second-order valence-electron chi connectivity index (χ2n) is 5.71. The molecule has 1 aliphatic rings. The maximum atomic E-state index is 13.5. The number of aryl methyl sites for hydroxylation is 1. The summed E-state index contributed by atoms with van der Waals surface area (Å²) in [6, 6.07) is 6.64. The van der Waals surface area contributed by atoms with Crippen LogP contribution in [0.2, 0.25) is 0 Å². The van der Waals surface area contributed by atoms with Gasteiger partial charge in [-0.1, -0.05) is 12.1 Å². The van der Waals surface area contributed by atoms with Crippen LogP contribution in [0, 0.1) is 12.7 Å². The van der Waals surface area contributed by atoms with E-state index in [4.69, 9.17) is 9.47 Å². The van der Waals surface area contributed by atoms with Crippen LogP contribution >= 0.6 is 0 Å². The van der Waals surface area contributed by atoms with Gasteiger partial charge in [-0.15, -0.1) is 0 Å². The third-order valence-electron chi connectivity index (χ3n) is 3.96. The number of rotatable bonds is 6. The minimum Gasteiger partial charge on any atom is -0.490 e. The van der Waals surface area contributed by atoms with Gasteiger partial charge in [0.05, 0.1) is 25.9 Å². The van der Waals surface area contributed by atoms with Gasteiger partial charge in [0.15, 0.2) is 11.6 Å². The molecular formula is C17H22FN3O2. The highest BCUT2D eigenvalue weighted by Crippen LogP contribution is 2.22. The molecule has 0 unspecified atom stereocenters. The Bertz CT molecular complexity index is 632. The minimum atomic E-state index is -0.317. The first kappa shape index (κ1) is 16.0. The van der Waals surface area contributed by atoms with Gasteiger partial charge in [-0.3, -0.25) is 4.90 Å². The zero-order valence-corrected chi connectivity index (χ0v) is 13.3. The zero-order chi connectivity index (χ0) is 16.1. The van der Waals surface area contributed by atoms with Crippen molar-refractivity contribution < 1.29 is 13.9 Å². The van der Waals surface area contributed by atoms with Crippen LogP contribution in [0.4, 0.5) is 4.39 Å². The fourth-order valence-electron chi connectivity index (χ4n) is 2.77. The summed E-state index contributed by atoms with van der Waals surface area (Å²) in [4.78, 5) is 10.0. The molecule has 1 aromatic heterocycles. The van der Waals surface area contributed by atoms with Crippen molar-refractivity contribution in [2.45, 2.75) is 19.4 Å². The number of nitrogens with one attached hydrogen (secondary N) is 1. The van der Waals surface area contributed by atoms with Crippen LogP contribution in [0.5, 0.6) is 5.75 Å². The molecule has 0 spiro atoms. The Labute approximate surface area is 135 Å². The first-order valence-electron chi connectivity index (χ1n) is 7.94.